The molecule has 0 saturated carbocycles. The third-order valence-corrected chi connectivity index (χ3v) is 6.38. The van der Waals surface area contributed by atoms with Gasteiger partial charge in [0, 0.05) is 18.6 Å². The maximum Gasteiger partial charge on any atom is 0.352 e. The number of rotatable bonds is 7. The molecule has 0 bridgehead atoms. The maximum atomic E-state index is 12.4. The van der Waals surface area contributed by atoms with Gasteiger partial charge in [0.05, 0.1) is 24.7 Å². The van der Waals surface area contributed by atoms with Crippen molar-refractivity contribution in [3.8, 4) is 0 Å². The van der Waals surface area contributed by atoms with E-state index < -0.39 is 41.8 Å². The summed E-state index contributed by atoms with van der Waals surface area (Å²) < 4.78 is 5.78. The minimum Gasteiger partial charge on any atom is -0.477 e. The number of nitrogens with zero attached hydrogens (tertiary/aromatic N) is 3. The third-order valence-electron chi connectivity index (χ3n) is 4.47. The van der Waals surface area contributed by atoms with E-state index >= 15 is 0 Å². The van der Waals surface area contributed by atoms with Crippen LogP contribution in [0.5, 0.6) is 0 Å². The molecule has 0 radical (unpaired) electrons. The Kier molecular flexibility index (Phi) is 5.30. The Bertz CT molecular complexity index is 763. The molecule has 0 aliphatic carbocycles. The molecule has 1 saturated heterocycles. The highest BCUT2D eigenvalue weighted by Gasteiger charge is 2.61. The second-order valence-corrected chi connectivity index (χ2v) is 8.10. The molecule has 4 atom stereocenters. The molecule has 1 aromatic rings. The average Bonchev–Trinajstić information content (AvgIpc) is 3.14. The first-order chi connectivity index (χ1) is 12.3. The Morgan fingerprint density at radius 3 is 2.77 bits per heavy atom. The summed E-state index contributed by atoms with van der Waals surface area (Å²) in [5, 5.41) is 27.2. The van der Waals surface area contributed by atoms with Crippen molar-refractivity contribution >= 4 is 40.9 Å². The first kappa shape index (κ1) is 18.8. The number of hydrogen-bond acceptors (Lipinski definition) is 9. The summed E-state index contributed by atoms with van der Waals surface area (Å²) in [6, 6.07) is -0.530. The van der Waals surface area contributed by atoms with Gasteiger partial charge >= 0.3 is 11.9 Å². The molecule has 1 amide bonds. The number of aliphatic hydroxyl groups excluding tert-OH is 1. The molecule has 1 aromatic heterocycles. The number of carbonyl (C=O) groups is 3. The van der Waals surface area contributed by atoms with Gasteiger partial charge in [0.25, 0.3) is 0 Å². The van der Waals surface area contributed by atoms with E-state index in [1.54, 1.807) is 5.51 Å². The number of aliphatic carboxylic acids is 1. The van der Waals surface area contributed by atoms with E-state index in [9.17, 15) is 24.6 Å². The number of amides is 1. The zero-order chi connectivity index (χ0) is 19.0. The number of hydrogen-bond donors (Lipinski definition) is 2. The topological polar surface area (TPSA) is 130 Å². The zero-order valence-corrected chi connectivity index (χ0v) is 15.6. The second kappa shape index (κ2) is 7.33. The van der Waals surface area contributed by atoms with E-state index in [0.29, 0.717) is 9.91 Å². The number of β-lactam (4-membered cyclic amide) rings is 1. The molecule has 2 N–H and O–H groups in total. The van der Waals surface area contributed by atoms with Crippen LogP contribution in [0.2, 0.25) is 0 Å². The summed E-state index contributed by atoms with van der Waals surface area (Å²) in [7, 11) is 0. The monoisotopic (exact) mass is 399 g/mol. The normalized spacial score (nSPS) is 25.7. The number of thioether (sulfide) groups is 1. The summed E-state index contributed by atoms with van der Waals surface area (Å²) in [5.74, 6) is -3.06. The molecule has 140 valence electrons. The highest BCUT2D eigenvalue weighted by molar-refractivity contribution is 8.01. The molecule has 26 heavy (non-hydrogen) atoms. The van der Waals surface area contributed by atoms with Crippen LogP contribution in [0.1, 0.15) is 13.8 Å². The Labute approximate surface area is 157 Å². The number of aromatic nitrogens is 2. The summed E-state index contributed by atoms with van der Waals surface area (Å²) in [4.78, 5) is 36.7. The zero-order valence-electron chi connectivity index (χ0n) is 14.0. The molecule has 0 spiro atoms. The minimum atomic E-state index is -1.22. The van der Waals surface area contributed by atoms with E-state index in [2.05, 4.69) is 10.2 Å². The number of carbonyl (C=O) groups excluding carboxylic acids is 2. The Hall–Kier alpha value is -1.98. The van der Waals surface area contributed by atoms with Crippen molar-refractivity contribution in [2.45, 2.75) is 30.3 Å². The largest absolute Gasteiger partial charge is 0.477 e. The quantitative estimate of drug-likeness (QED) is 0.379. The van der Waals surface area contributed by atoms with Crippen LogP contribution in [-0.4, -0.2) is 67.7 Å². The van der Waals surface area contributed by atoms with Crippen LogP contribution < -0.4 is 0 Å². The summed E-state index contributed by atoms with van der Waals surface area (Å²) in [6.45, 7) is 2.72. The van der Waals surface area contributed by atoms with Crippen LogP contribution >= 0.6 is 23.1 Å². The summed E-state index contributed by atoms with van der Waals surface area (Å²) in [6.07, 6.45) is -0.922. The lowest BCUT2D eigenvalue weighted by molar-refractivity contribution is -0.165. The number of carboxylic acid groups (broad SMARTS) is 1. The predicted molar refractivity (Wildman–Crippen MR) is 91.2 cm³/mol. The number of aliphatic hydroxyl groups is 1. The van der Waals surface area contributed by atoms with Crippen molar-refractivity contribution in [1.29, 1.82) is 0 Å². The fraction of sp³-hybridized carbons (Fsp3) is 0.533. The first-order valence-corrected chi connectivity index (χ1v) is 9.69. The van der Waals surface area contributed by atoms with Crippen molar-refractivity contribution in [1.82, 2.24) is 15.1 Å². The lowest BCUT2D eigenvalue weighted by Crippen LogP contribution is -2.64. The van der Waals surface area contributed by atoms with E-state index in [-0.39, 0.29) is 18.1 Å². The molecular formula is C15H17N3O6S2. The van der Waals surface area contributed by atoms with Crippen molar-refractivity contribution in [2.24, 2.45) is 11.8 Å². The average molecular weight is 399 g/mol. The minimum absolute atomic E-state index is 0.0458. The third kappa shape index (κ3) is 3.21. The van der Waals surface area contributed by atoms with E-state index in [1.165, 1.54) is 41.8 Å². The van der Waals surface area contributed by atoms with Crippen LogP contribution in [0, 0.1) is 11.8 Å². The van der Waals surface area contributed by atoms with E-state index in [4.69, 9.17) is 4.74 Å². The Balaban J connectivity index is 1.92. The van der Waals surface area contributed by atoms with Crippen LogP contribution in [0.15, 0.2) is 21.1 Å². The molecule has 9 nitrogen and oxygen atoms in total. The van der Waals surface area contributed by atoms with Crippen LogP contribution in [0.3, 0.4) is 0 Å². The van der Waals surface area contributed by atoms with Gasteiger partial charge in [-0.05, 0) is 12.5 Å². The van der Waals surface area contributed by atoms with Gasteiger partial charge in [-0.25, -0.2) is 4.79 Å². The van der Waals surface area contributed by atoms with E-state index in [1.807, 2.05) is 0 Å². The van der Waals surface area contributed by atoms with Crippen molar-refractivity contribution in [2.75, 3.05) is 12.4 Å². The number of fused-ring (bicyclic) bond motifs is 1. The van der Waals surface area contributed by atoms with Gasteiger partial charge < -0.3 is 19.8 Å². The second-order valence-electron chi connectivity index (χ2n) is 6.05. The summed E-state index contributed by atoms with van der Waals surface area (Å²) in [5.41, 5.74) is 1.98. The molecule has 2 aliphatic heterocycles. The van der Waals surface area contributed by atoms with Crippen LogP contribution in [-0.2, 0) is 19.1 Å². The number of esters is 1. The van der Waals surface area contributed by atoms with Gasteiger partial charge in [0.1, 0.15) is 11.2 Å². The van der Waals surface area contributed by atoms with Gasteiger partial charge in [0.15, 0.2) is 4.34 Å². The fourth-order valence-corrected chi connectivity index (χ4v) is 5.03. The van der Waals surface area contributed by atoms with Crippen molar-refractivity contribution in [3.05, 3.63) is 16.8 Å². The van der Waals surface area contributed by atoms with Gasteiger partial charge in [-0.15, -0.1) is 10.2 Å². The molecule has 3 heterocycles. The molecular weight excluding hydrogens is 382 g/mol. The molecule has 11 heteroatoms. The molecule has 0 unspecified atom stereocenters. The van der Waals surface area contributed by atoms with E-state index in [0.717, 1.165) is 0 Å². The molecule has 1 fully saturated rings. The van der Waals surface area contributed by atoms with Gasteiger partial charge in [-0.3, -0.25) is 9.59 Å². The standard InChI is InChI=1S/C15H17N3O6S2/c1-6(19)10-11-8(3-24-7(2)20)9(4-25-15-17-16-5-26-15)12(14(22)23)18(11)13(10)21/h5-6,8,10-11,19H,3-4H2,1-2H3,(H,22,23)/t6-,8-,10-,11-/m1/s1. The molecule has 2 aliphatic rings. The van der Waals surface area contributed by atoms with Crippen LogP contribution in [0.25, 0.3) is 0 Å². The van der Waals surface area contributed by atoms with Gasteiger partial charge in [-0.2, -0.15) is 0 Å². The van der Waals surface area contributed by atoms with Gasteiger partial charge in [-0.1, -0.05) is 23.1 Å². The Morgan fingerprint density at radius 2 is 2.23 bits per heavy atom. The molecule has 0 aromatic carbocycles. The molecule has 3 rings (SSSR count). The smallest absolute Gasteiger partial charge is 0.352 e. The van der Waals surface area contributed by atoms with Crippen molar-refractivity contribution < 1.29 is 29.3 Å². The lowest BCUT2D eigenvalue weighted by Gasteiger charge is -2.46. The summed E-state index contributed by atoms with van der Waals surface area (Å²) >= 11 is 2.63. The lowest BCUT2D eigenvalue weighted by atomic mass is 9.77. The van der Waals surface area contributed by atoms with Crippen molar-refractivity contribution in [3.63, 3.8) is 0 Å². The fourth-order valence-electron chi connectivity index (χ4n) is 3.44. The highest BCUT2D eigenvalue weighted by Crippen LogP contribution is 2.48. The predicted octanol–water partition coefficient (Wildman–Crippen LogP) is 0.370. The number of carboxylic acids is 1. The first-order valence-electron chi connectivity index (χ1n) is 7.82. The number of ether oxygens (including phenoxy) is 1. The maximum absolute atomic E-state index is 12.4. The van der Waals surface area contributed by atoms with Gasteiger partial charge in [0.2, 0.25) is 5.91 Å². The highest BCUT2D eigenvalue weighted by atomic mass is 32.2. The SMILES string of the molecule is CC(=O)OC[C@@H]1C(CSc2nncs2)=C(C(=O)O)N2C(=O)[C@H]([C@@H](C)O)[C@@H]12. The Morgan fingerprint density at radius 1 is 1.50 bits per heavy atom. The van der Waals surface area contributed by atoms with Crippen LogP contribution in [0.4, 0.5) is 0 Å².